The van der Waals surface area contributed by atoms with Gasteiger partial charge in [0.25, 0.3) is 0 Å². The van der Waals surface area contributed by atoms with Crippen molar-refractivity contribution >= 4 is 0 Å². The van der Waals surface area contributed by atoms with E-state index in [1.807, 2.05) is 48.5 Å². The smallest absolute Gasteiger partial charge is 0.228 e. The summed E-state index contributed by atoms with van der Waals surface area (Å²) >= 11 is 0. The van der Waals surface area contributed by atoms with E-state index < -0.39 is 5.79 Å². The molecule has 0 saturated heterocycles. The van der Waals surface area contributed by atoms with Crippen LogP contribution in [0.15, 0.2) is 0 Å². The molecular formula is C19H42O7. The van der Waals surface area contributed by atoms with Crippen LogP contribution in [0.1, 0.15) is 101 Å². The molecule has 0 unspecified atom stereocenters. The van der Waals surface area contributed by atoms with Gasteiger partial charge in [0.05, 0.1) is 17.8 Å². The summed E-state index contributed by atoms with van der Waals surface area (Å²) in [5.74, 6) is -0.888. The zero-order valence-corrected chi connectivity index (χ0v) is 18.3. The Labute approximate surface area is 160 Å². The molecule has 0 aromatic heterocycles. The molecule has 0 aliphatic heterocycles. The van der Waals surface area contributed by atoms with E-state index in [2.05, 4.69) is 16.8 Å². The first-order valence-electron chi connectivity index (χ1n) is 9.56. The van der Waals surface area contributed by atoms with Crippen LogP contribution in [0.3, 0.4) is 0 Å². The maximum atomic E-state index is 7.75. The van der Waals surface area contributed by atoms with Gasteiger partial charge in [-0.2, -0.15) is 9.78 Å². The number of rotatable bonds is 12. The molecule has 0 rings (SSSR count). The second-order valence-electron chi connectivity index (χ2n) is 8.36. The van der Waals surface area contributed by atoms with Crippen molar-refractivity contribution in [2.75, 3.05) is 6.61 Å². The van der Waals surface area contributed by atoms with Crippen LogP contribution in [0.5, 0.6) is 0 Å². The number of hydrogen-bond donors (Lipinski definition) is 1. The zero-order chi connectivity index (χ0) is 20.7. The van der Waals surface area contributed by atoms with E-state index in [1.165, 1.54) is 19.3 Å². The fraction of sp³-hybridized carbons (Fsp3) is 1.00. The lowest BCUT2D eigenvalue weighted by atomic mass is 10.2. The standard InChI is InChI=1S/C12H26O4.C7H16O3/c1-9-12(8,15-13-10(2,3)4)16-14-11(5,6)7;1-2-3-4-5-6-7-9-10-8/h9H2,1-8H3;8H,2-7H2,1H3. The Morgan fingerprint density at radius 3 is 1.46 bits per heavy atom. The summed E-state index contributed by atoms with van der Waals surface area (Å²) in [5.41, 5.74) is -0.747. The van der Waals surface area contributed by atoms with Crippen LogP contribution in [-0.2, 0) is 29.5 Å². The number of unbranched alkanes of at least 4 members (excludes halogenated alkanes) is 4. The van der Waals surface area contributed by atoms with Gasteiger partial charge in [-0.25, -0.2) is 19.9 Å². The summed E-state index contributed by atoms with van der Waals surface area (Å²) < 4.78 is 0. The third kappa shape index (κ3) is 21.8. The average molecular weight is 383 g/mol. The van der Waals surface area contributed by atoms with Crippen molar-refractivity contribution in [3.8, 4) is 0 Å². The van der Waals surface area contributed by atoms with Gasteiger partial charge in [0.15, 0.2) is 0 Å². The first kappa shape index (κ1) is 27.9. The SMILES string of the molecule is CCC(C)(OOC(C)(C)C)OOC(C)(C)C.CCCCCCCOOO. The molecule has 0 aromatic carbocycles. The predicted molar refractivity (Wildman–Crippen MR) is 101 cm³/mol. The van der Waals surface area contributed by atoms with Gasteiger partial charge in [0.2, 0.25) is 5.79 Å². The molecule has 0 aromatic rings. The van der Waals surface area contributed by atoms with Gasteiger partial charge >= 0.3 is 0 Å². The Morgan fingerprint density at radius 2 is 1.12 bits per heavy atom. The summed E-state index contributed by atoms with van der Waals surface area (Å²) in [6.45, 7) is 17.8. The van der Waals surface area contributed by atoms with Crippen LogP contribution in [0.4, 0.5) is 0 Å². The Hall–Kier alpha value is -0.280. The second kappa shape index (κ2) is 14.7. The topological polar surface area (TPSA) is 75.6 Å². The molecule has 0 aliphatic rings. The minimum atomic E-state index is -0.888. The van der Waals surface area contributed by atoms with Gasteiger partial charge in [0.1, 0.15) is 0 Å². The molecule has 0 amide bonds. The maximum Gasteiger partial charge on any atom is 0.231 e. The number of hydrogen-bond acceptors (Lipinski definition) is 7. The van der Waals surface area contributed by atoms with Gasteiger partial charge in [0, 0.05) is 6.42 Å². The van der Waals surface area contributed by atoms with Gasteiger partial charge in [-0.05, 0) is 54.9 Å². The highest BCUT2D eigenvalue weighted by Crippen LogP contribution is 2.23. The molecule has 7 heteroatoms. The largest absolute Gasteiger partial charge is 0.231 e. The Bertz CT molecular complexity index is 282. The second-order valence-corrected chi connectivity index (χ2v) is 8.36. The van der Waals surface area contributed by atoms with E-state index in [-0.39, 0.29) is 11.2 Å². The first-order valence-corrected chi connectivity index (χ1v) is 9.56. The normalized spacial score (nSPS) is 12.7. The van der Waals surface area contributed by atoms with E-state index in [0.29, 0.717) is 13.0 Å². The molecular weight excluding hydrogens is 340 g/mol. The van der Waals surface area contributed by atoms with Crippen LogP contribution >= 0.6 is 0 Å². The first-order chi connectivity index (χ1) is 11.9. The molecule has 0 saturated carbocycles. The Kier molecular flexibility index (Phi) is 15.8. The van der Waals surface area contributed by atoms with Crippen LogP contribution in [0, 0.1) is 0 Å². The fourth-order valence-corrected chi connectivity index (χ4v) is 1.36. The van der Waals surface area contributed by atoms with Crippen LogP contribution in [0.25, 0.3) is 0 Å². The van der Waals surface area contributed by atoms with Crippen LogP contribution in [-0.4, -0.2) is 28.9 Å². The molecule has 0 spiro atoms. The minimum absolute atomic E-state index is 0.373. The monoisotopic (exact) mass is 382 g/mol. The van der Waals surface area contributed by atoms with Crippen molar-refractivity contribution in [2.24, 2.45) is 0 Å². The molecule has 160 valence electrons. The molecule has 26 heavy (non-hydrogen) atoms. The molecule has 1 N–H and O–H groups in total. The highest BCUT2D eigenvalue weighted by atomic mass is 17.5. The highest BCUT2D eigenvalue weighted by Gasteiger charge is 2.31. The molecule has 0 aliphatic carbocycles. The van der Waals surface area contributed by atoms with Gasteiger partial charge in [-0.3, -0.25) is 0 Å². The van der Waals surface area contributed by atoms with E-state index in [0.717, 1.165) is 12.8 Å². The zero-order valence-electron chi connectivity index (χ0n) is 18.3. The van der Waals surface area contributed by atoms with E-state index in [9.17, 15) is 0 Å². The summed E-state index contributed by atoms with van der Waals surface area (Å²) in [4.78, 5) is 25.3. The summed E-state index contributed by atoms with van der Waals surface area (Å²) in [6, 6.07) is 0. The lowest BCUT2D eigenvalue weighted by Gasteiger charge is -2.31. The third-order valence-electron chi connectivity index (χ3n) is 2.96. The lowest BCUT2D eigenvalue weighted by molar-refractivity contribution is -0.536. The molecule has 0 fully saturated rings. The van der Waals surface area contributed by atoms with Crippen molar-refractivity contribution in [1.82, 2.24) is 0 Å². The van der Waals surface area contributed by atoms with Crippen molar-refractivity contribution < 1.29 is 34.7 Å². The van der Waals surface area contributed by atoms with Crippen molar-refractivity contribution in [3.05, 3.63) is 0 Å². The average Bonchev–Trinajstić information content (AvgIpc) is 2.54. The van der Waals surface area contributed by atoms with Crippen molar-refractivity contribution in [2.45, 2.75) is 118 Å². The maximum absolute atomic E-state index is 7.75. The van der Waals surface area contributed by atoms with E-state index in [4.69, 9.17) is 24.8 Å². The summed E-state index contributed by atoms with van der Waals surface area (Å²) in [6.07, 6.45) is 6.50. The van der Waals surface area contributed by atoms with E-state index in [1.54, 1.807) is 6.92 Å². The molecule has 7 nitrogen and oxygen atoms in total. The van der Waals surface area contributed by atoms with Gasteiger partial charge in [-0.15, -0.1) is 0 Å². The summed E-state index contributed by atoms with van der Waals surface area (Å²) in [5, 5.41) is 11.2. The highest BCUT2D eigenvalue weighted by molar-refractivity contribution is 4.60. The third-order valence-corrected chi connectivity index (χ3v) is 2.96. The van der Waals surface area contributed by atoms with Crippen molar-refractivity contribution in [3.63, 3.8) is 0 Å². The van der Waals surface area contributed by atoms with Gasteiger partial charge in [-0.1, -0.05) is 44.6 Å². The van der Waals surface area contributed by atoms with E-state index >= 15 is 0 Å². The molecule has 0 atom stereocenters. The molecule has 0 heterocycles. The molecule has 0 bridgehead atoms. The summed E-state index contributed by atoms with van der Waals surface area (Å²) in [7, 11) is 0. The predicted octanol–water partition coefficient (Wildman–Crippen LogP) is 5.98. The lowest BCUT2D eigenvalue weighted by Crippen LogP contribution is -2.38. The Morgan fingerprint density at radius 1 is 0.654 bits per heavy atom. The van der Waals surface area contributed by atoms with Crippen LogP contribution < -0.4 is 0 Å². The quantitative estimate of drug-likeness (QED) is 0.192. The van der Waals surface area contributed by atoms with Crippen LogP contribution in [0.2, 0.25) is 0 Å². The molecule has 0 radical (unpaired) electrons. The van der Waals surface area contributed by atoms with Gasteiger partial charge < -0.3 is 0 Å². The van der Waals surface area contributed by atoms with Crippen molar-refractivity contribution in [1.29, 1.82) is 0 Å². The Balaban J connectivity index is 0. The minimum Gasteiger partial charge on any atom is -0.228 e. The fourth-order valence-electron chi connectivity index (χ4n) is 1.36.